The quantitative estimate of drug-likeness (QED) is 0.300. The summed E-state index contributed by atoms with van der Waals surface area (Å²) in [5.74, 6) is -0.692. The zero-order valence-electron chi connectivity index (χ0n) is 22.2. The number of hydrogen-bond donors (Lipinski definition) is 0. The summed E-state index contributed by atoms with van der Waals surface area (Å²) in [6.07, 6.45) is 3.85. The molecule has 1 spiro atoms. The van der Waals surface area contributed by atoms with E-state index in [1.54, 1.807) is 0 Å². The number of rotatable bonds is 5. The summed E-state index contributed by atoms with van der Waals surface area (Å²) >= 11 is 0. The second kappa shape index (κ2) is 7.29. The number of esters is 2. The van der Waals surface area contributed by atoms with Gasteiger partial charge in [0.25, 0.3) is 0 Å². The SMILES string of the molecule is C=C1C[C@]23C[C@H]1[C@H](O[Si](C)(C)C)CC2[C@@]12CC[C@H](O[Si](C)(C)C)C(C)(C(=O)O1)C2[C@@H]3C(=O)OC. The van der Waals surface area contributed by atoms with Crippen LogP contribution in [0.5, 0.6) is 0 Å². The minimum absolute atomic E-state index is 0.0737. The highest BCUT2D eigenvalue weighted by atomic mass is 28.4. The first kappa shape index (κ1) is 24.7. The fraction of sp³-hybridized carbons (Fsp3) is 0.846. The molecule has 1 saturated heterocycles. The third kappa shape index (κ3) is 3.17. The molecule has 8 heteroatoms. The van der Waals surface area contributed by atoms with Crippen LogP contribution in [0.3, 0.4) is 0 Å². The molecule has 5 fully saturated rings. The van der Waals surface area contributed by atoms with Gasteiger partial charge < -0.3 is 18.3 Å². The minimum Gasteiger partial charge on any atom is -0.469 e. The first-order valence-electron chi connectivity index (χ1n) is 12.9. The van der Waals surface area contributed by atoms with Gasteiger partial charge in [-0.2, -0.15) is 0 Å². The van der Waals surface area contributed by atoms with Crippen LogP contribution in [0.2, 0.25) is 39.3 Å². The van der Waals surface area contributed by atoms with Crippen LogP contribution < -0.4 is 0 Å². The van der Waals surface area contributed by atoms with Crippen molar-refractivity contribution in [2.45, 2.75) is 96.1 Å². The molecule has 190 valence electrons. The molecule has 6 nitrogen and oxygen atoms in total. The van der Waals surface area contributed by atoms with Gasteiger partial charge in [0.1, 0.15) is 5.60 Å². The molecule has 4 saturated carbocycles. The zero-order valence-corrected chi connectivity index (χ0v) is 24.2. The summed E-state index contributed by atoms with van der Waals surface area (Å²) in [6.45, 7) is 19.7. The molecular formula is C26H42O6Si2. The third-order valence-corrected chi connectivity index (χ3v) is 11.7. The van der Waals surface area contributed by atoms with Crippen LogP contribution >= 0.6 is 0 Å². The fourth-order valence-corrected chi connectivity index (χ4v) is 11.3. The number of hydrogen-bond acceptors (Lipinski definition) is 6. The van der Waals surface area contributed by atoms with Gasteiger partial charge >= 0.3 is 11.9 Å². The average Bonchev–Trinajstić information content (AvgIpc) is 3.18. The number of methoxy groups -OCH3 is 1. The van der Waals surface area contributed by atoms with Crippen LogP contribution in [-0.4, -0.2) is 53.5 Å². The maximum Gasteiger partial charge on any atom is 0.315 e. The second-order valence-electron chi connectivity index (χ2n) is 13.8. The van der Waals surface area contributed by atoms with E-state index >= 15 is 0 Å². The van der Waals surface area contributed by atoms with E-state index in [0.29, 0.717) is 0 Å². The average molecular weight is 507 g/mol. The Morgan fingerprint density at radius 3 is 2.35 bits per heavy atom. The molecule has 4 aliphatic carbocycles. The highest BCUT2D eigenvalue weighted by Gasteiger charge is 2.84. The van der Waals surface area contributed by atoms with Gasteiger partial charge in [-0.25, -0.2) is 0 Å². The molecule has 34 heavy (non-hydrogen) atoms. The van der Waals surface area contributed by atoms with Gasteiger partial charge in [-0.3, -0.25) is 9.59 Å². The van der Waals surface area contributed by atoms with Gasteiger partial charge in [-0.05, 0) is 83.7 Å². The smallest absolute Gasteiger partial charge is 0.315 e. The summed E-state index contributed by atoms with van der Waals surface area (Å²) < 4.78 is 25.3. The summed E-state index contributed by atoms with van der Waals surface area (Å²) in [5.41, 5.74) is -0.593. The second-order valence-corrected chi connectivity index (χ2v) is 22.7. The fourth-order valence-electron chi connectivity index (χ4n) is 8.90. The van der Waals surface area contributed by atoms with Crippen molar-refractivity contribution < 1.29 is 27.9 Å². The van der Waals surface area contributed by atoms with Gasteiger partial charge in [-0.1, -0.05) is 12.2 Å². The molecule has 0 aromatic heterocycles. The van der Waals surface area contributed by atoms with Crippen molar-refractivity contribution in [3.05, 3.63) is 12.2 Å². The molecule has 4 bridgehead atoms. The molecular weight excluding hydrogens is 464 g/mol. The minimum atomic E-state index is -1.92. The molecule has 1 heterocycles. The van der Waals surface area contributed by atoms with E-state index in [9.17, 15) is 9.59 Å². The van der Waals surface area contributed by atoms with Crippen LogP contribution in [0.15, 0.2) is 12.2 Å². The number of carbonyl (C=O) groups is 2. The maximum atomic E-state index is 13.7. The summed E-state index contributed by atoms with van der Waals surface area (Å²) in [6, 6.07) is 0. The Labute approximate surface area is 206 Å². The Kier molecular flexibility index (Phi) is 5.30. The Morgan fingerprint density at radius 2 is 1.76 bits per heavy atom. The van der Waals surface area contributed by atoms with Crippen LogP contribution in [0.25, 0.3) is 0 Å². The molecule has 0 radical (unpaired) electrons. The standard InChI is InChI=1S/C26H42O6Si2/c1-15-13-25-14-16(15)17(31-33(4,5)6)12-18(25)26-11-10-19(32-34(7,8)9)24(2,23(28)30-26)21(26)20(25)22(27)29-3/h16-21H,1,10-14H2,2-9H3/t16-,17-,18?,19+,20-,21?,24?,25+,26-/m1/s1. The molecule has 1 aliphatic heterocycles. The van der Waals surface area contributed by atoms with Crippen LogP contribution in [0, 0.1) is 34.5 Å². The van der Waals surface area contributed by atoms with Gasteiger partial charge in [-0.15, -0.1) is 0 Å². The third-order valence-electron chi connectivity index (χ3n) is 9.65. The zero-order chi connectivity index (χ0) is 25.1. The Morgan fingerprint density at radius 1 is 1.12 bits per heavy atom. The maximum absolute atomic E-state index is 13.7. The lowest BCUT2D eigenvalue weighted by Crippen LogP contribution is -2.56. The van der Waals surface area contributed by atoms with E-state index in [1.165, 1.54) is 12.7 Å². The van der Waals surface area contributed by atoms with Crippen LogP contribution in [0.1, 0.15) is 39.0 Å². The Bertz CT molecular complexity index is 937. The van der Waals surface area contributed by atoms with E-state index in [4.69, 9.17) is 18.3 Å². The lowest BCUT2D eigenvalue weighted by molar-refractivity contribution is -0.165. The van der Waals surface area contributed by atoms with Crippen molar-refractivity contribution >= 4 is 28.6 Å². The molecule has 3 unspecified atom stereocenters. The number of fused-ring (bicyclic) bond motifs is 1. The number of ether oxygens (including phenoxy) is 2. The largest absolute Gasteiger partial charge is 0.469 e. The molecule has 0 aromatic carbocycles. The lowest BCUT2D eigenvalue weighted by Gasteiger charge is -2.48. The predicted molar refractivity (Wildman–Crippen MR) is 134 cm³/mol. The predicted octanol–water partition coefficient (Wildman–Crippen LogP) is 4.91. The van der Waals surface area contributed by atoms with Crippen molar-refractivity contribution in [3.8, 4) is 0 Å². The summed E-state index contributed by atoms with van der Waals surface area (Å²) in [5, 5.41) is 0. The van der Waals surface area contributed by atoms with Gasteiger partial charge in [0.2, 0.25) is 0 Å². The molecule has 5 rings (SSSR count). The van der Waals surface area contributed by atoms with E-state index in [2.05, 4.69) is 45.9 Å². The summed E-state index contributed by atoms with van der Waals surface area (Å²) in [4.78, 5) is 27.3. The van der Waals surface area contributed by atoms with E-state index < -0.39 is 27.7 Å². The molecule has 0 amide bonds. The molecule has 0 N–H and O–H groups in total. The van der Waals surface area contributed by atoms with Crippen LogP contribution in [-0.2, 0) is 27.9 Å². The van der Waals surface area contributed by atoms with E-state index in [-0.39, 0.29) is 53.2 Å². The van der Waals surface area contributed by atoms with Gasteiger partial charge in [0.15, 0.2) is 16.6 Å². The highest BCUT2D eigenvalue weighted by Crippen LogP contribution is 2.78. The topological polar surface area (TPSA) is 71.1 Å². The summed E-state index contributed by atoms with van der Waals surface area (Å²) in [7, 11) is -2.24. The van der Waals surface area contributed by atoms with Crippen molar-refractivity contribution in [2.75, 3.05) is 7.11 Å². The first-order chi connectivity index (χ1) is 15.6. The van der Waals surface area contributed by atoms with E-state index in [0.717, 1.165) is 32.1 Å². The van der Waals surface area contributed by atoms with Crippen molar-refractivity contribution in [2.24, 2.45) is 34.5 Å². The van der Waals surface area contributed by atoms with Gasteiger partial charge in [0.05, 0.1) is 30.7 Å². The van der Waals surface area contributed by atoms with Crippen molar-refractivity contribution in [3.63, 3.8) is 0 Å². The lowest BCUT2D eigenvalue weighted by atomic mass is 9.59. The molecule has 9 atom stereocenters. The van der Waals surface area contributed by atoms with E-state index in [1.807, 2.05) is 6.92 Å². The molecule has 5 aliphatic rings. The normalized spacial score (nSPS) is 47.3. The Hall–Kier alpha value is -0.966. The highest BCUT2D eigenvalue weighted by molar-refractivity contribution is 6.70. The van der Waals surface area contributed by atoms with Gasteiger partial charge in [0, 0.05) is 17.8 Å². The van der Waals surface area contributed by atoms with Crippen LogP contribution in [0.4, 0.5) is 0 Å². The number of carbonyl (C=O) groups excluding carboxylic acids is 2. The van der Waals surface area contributed by atoms with Crippen molar-refractivity contribution in [1.29, 1.82) is 0 Å². The molecule has 0 aromatic rings. The monoisotopic (exact) mass is 506 g/mol. The Balaban J connectivity index is 1.65. The first-order valence-corrected chi connectivity index (χ1v) is 19.8. The van der Waals surface area contributed by atoms with Crippen molar-refractivity contribution in [1.82, 2.24) is 0 Å².